The van der Waals surface area contributed by atoms with Crippen LogP contribution in [-0.4, -0.2) is 30.6 Å². The lowest BCUT2D eigenvalue weighted by Crippen LogP contribution is -2.46. The second-order valence-electron chi connectivity index (χ2n) is 6.35. The summed E-state index contributed by atoms with van der Waals surface area (Å²) >= 11 is 3.58. The van der Waals surface area contributed by atoms with E-state index in [0.717, 1.165) is 16.9 Å². The third-order valence-electron chi connectivity index (χ3n) is 4.26. The Labute approximate surface area is 131 Å². The zero-order valence-corrected chi connectivity index (χ0v) is 14.3. The summed E-state index contributed by atoms with van der Waals surface area (Å²) in [5.41, 5.74) is 7.51. The number of likely N-dealkylation sites (tertiary alicyclic amines) is 1. The summed E-state index contributed by atoms with van der Waals surface area (Å²) < 4.78 is 1.15. The first-order valence-corrected chi connectivity index (χ1v) is 8.60. The van der Waals surface area contributed by atoms with Gasteiger partial charge in [-0.3, -0.25) is 4.90 Å². The molecule has 2 unspecified atom stereocenters. The van der Waals surface area contributed by atoms with E-state index in [1.807, 2.05) is 0 Å². The first-order chi connectivity index (χ1) is 9.61. The van der Waals surface area contributed by atoms with Crippen LogP contribution in [-0.2, 0) is 0 Å². The van der Waals surface area contributed by atoms with E-state index in [-0.39, 0.29) is 0 Å². The van der Waals surface area contributed by atoms with E-state index < -0.39 is 0 Å². The summed E-state index contributed by atoms with van der Waals surface area (Å²) in [7, 11) is 0. The number of benzene rings is 1. The van der Waals surface area contributed by atoms with Gasteiger partial charge >= 0.3 is 0 Å². The second-order valence-corrected chi connectivity index (χ2v) is 7.26. The Morgan fingerprint density at radius 2 is 2.15 bits per heavy atom. The maximum atomic E-state index is 6.14. The minimum Gasteiger partial charge on any atom is -0.330 e. The molecule has 0 amide bonds. The van der Waals surface area contributed by atoms with Crippen molar-refractivity contribution in [2.75, 3.05) is 19.6 Å². The zero-order chi connectivity index (χ0) is 14.5. The van der Waals surface area contributed by atoms with Crippen molar-refractivity contribution in [3.8, 4) is 0 Å². The highest BCUT2D eigenvalue weighted by molar-refractivity contribution is 9.10. The quantitative estimate of drug-likeness (QED) is 0.878. The maximum Gasteiger partial charge on any atom is 0.0178 e. The molecule has 2 atom stereocenters. The molecule has 20 heavy (non-hydrogen) atoms. The number of hydrogen-bond donors (Lipinski definition) is 1. The molecule has 0 bridgehead atoms. The average molecular weight is 339 g/mol. The van der Waals surface area contributed by atoms with Crippen LogP contribution in [0.3, 0.4) is 0 Å². The lowest BCUT2D eigenvalue weighted by atomic mass is 9.85. The summed E-state index contributed by atoms with van der Waals surface area (Å²) in [6.45, 7) is 7.77. The van der Waals surface area contributed by atoms with Crippen LogP contribution < -0.4 is 5.73 Å². The molecule has 1 aromatic carbocycles. The minimum absolute atomic E-state index is 0.451. The molecule has 1 saturated heterocycles. The Bertz CT molecular complexity index is 419. The monoisotopic (exact) mass is 338 g/mol. The molecule has 0 aromatic heterocycles. The van der Waals surface area contributed by atoms with Crippen LogP contribution in [0.15, 0.2) is 28.7 Å². The normalized spacial score (nSPS) is 22.1. The van der Waals surface area contributed by atoms with Crippen LogP contribution in [0.25, 0.3) is 0 Å². The molecule has 0 aliphatic carbocycles. The molecule has 0 radical (unpaired) electrons. The van der Waals surface area contributed by atoms with Gasteiger partial charge in [-0.25, -0.2) is 0 Å². The standard InChI is InChI=1S/C17H27BrN2/c1-13(2)12-20-9-4-3-8-17(20)16(11-19)14-6-5-7-15(18)10-14/h5-7,10,13,16-17H,3-4,8-9,11-12,19H2,1-2H3. The predicted octanol–water partition coefficient (Wildman–Crippen LogP) is 4.00. The van der Waals surface area contributed by atoms with Gasteiger partial charge in [0, 0.05) is 29.5 Å². The summed E-state index contributed by atoms with van der Waals surface area (Å²) in [5.74, 6) is 1.17. The maximum absolute atomic E-state index is 6.14. The Morgan fingerprint density at radius 3 is 2.80 bits per heavy atom. The van der Waals surface area contributed by atoms with Gasteiger partial charge in [0.15, 0.2) is 0 Å². The van der Waals surface area contributed by atoms with Gasteiger partial charge in [0.2, 0.25) is 0 Å². The van der Waals surface area contributed by atoms with Gasteiger partial charge in [-0.1, -0.05) is 48.3 Å². The molecule has 1 aliphatic heterocycles. The first-order valence-electron chi connectivity index (χ1n) is 7.81. The molecule has 112 valence electrons. The van der Waals surface area contributed by atoms with E-state index in [4.69, 9.17) is 5.73 Å². The number of hydrogen-bond acceptors (Lipinski definition) is 2. The van der Waals surface area contributed by atoms with Crippen molar-refractivity contribution < 1.29 is 0 Å². The van der Waals surface area contributed by atoms with Crippen molar-refractivity contribution >= 4 is 15.9 Å². The van der Waals surface area contributed by atoms with Gasteiger partial charge in [-0.2, -0.15) is 0 Å². The van der Waals surface area contributed by atoms with E-state index in [0.29, 0.717) is 12.0 Å². The Morgan fingerprint density at radius 1 is 1.35 bits per heavy atom. The van der Waals surface area contributed by atoms with Crippen LogP contribution in [0.1, 0.15) is 44.6 Å². The fraction of sp³-hybridized carbons (Fsp3) is 0.647. The fourth-order valence-corrected chi connectivity index (χ4v) is 3.84. The minimum atomic E-state index is 0.451. The van der Waals surface area contributed by atoms with Crippen molar-refractivity contribution in [3.05, 3.63) is 34.3 Å². The third-order valence-corrected chi connectivity index (χ3v) is 4.75. The Balaban J connectivity index is 2.19. The van der Waals surface area contributed by atoms with Gasteiger partial charge in [-0.05, 0) is 43.0 Å². The van der Waals surface area contributed by atoms with Crippen LogP contribution in [0, 0.1) is 5.92 Å². The van der Waals surface area contributed by atoms with Gasteiger partial charge < -0.3 is 5.73 Å². The molecule has 2 nitrogen and oxygen atoms in total. The lowest BCUT2D eigenvalue weighted by molar-refractivity contribution is 0.112. The molecule has 2 N–H and O–H groups in total. The van der Waals surface area contributed by atoms with Crippen LogP contribution in [0.2, 0.25) is 0 Å². The van der Waals surface area contributed by atoms with Gasteiger partial charge in [0.25, 0.3) is 0 Å². The van der Waals surface area contributed by atoms with Crippen molar-refractivity contribution in [1.82, 2.24) is 4.90 Å². The van der Waals surface area contributed by atoms with Crippen molar-refractivity contribution in [2.24, 2.45) is 11.7 Å². The van der Waals surface area contributed by atoms with Gasteiger partial charge in [0.05, 0.1) is 0 Å². The summed E-state index contributed by atoms with van der Waals surface area (Å²) in [4.78, 5) is 2.67. The molecular formula is C17H27BrN2. The number of nitrogens with two attached hydrogens (primary N) is 1. The molecule has 1 fully saturated rings. The first kappa shape index (κ1) is 16.0. The smallest absolute Gasteiger partial charge is 0.0178 e. The summed E-state index contributed by atoms with van der Waals surface area (Å²) in [5, 5.41) is 0. The van der Waals surface area contributed by atoms with E-state index in [1.165, 1.54) is 37.9 Å². The average Bonchev–Trinajstić information content (AvgIpc) is 2.41. The highest BCUT2D eigenvalue weighted by atomic mass is 79.9. The van der Waals surface area contributed by atoms with E-state index in [1.54, 1.807) is 0 Å². The molecule has 3 heteroatoms. The van der Waals surface area contributed by atoms with Crippen LogP contribution >= 0.6 is 15.9 Å². The summed E-state index contributed by atoms with van der Waals surface area (Å²) in [6, 6.07) is 9.27. The molecule has 1 heterocycles. The Kier molecular flexibility index (Phi) is 6.06. The number of nitrogens with zero attached hydrogens (tertiary/aromatic N) is 1. The topological polar surface area (TPSA) is 29.3 Å². The highest BCUT2D eigenvalue weighted by Crippen LogP contribution is 2.31. The number of rotatable bonds is 5. The van der Waals surface area contributed by atoms with Gasteiger partial charge in [0.1, 0.15) is 0 Å². The lowest BCUT2D eigenvalue weighted by Gasteiger charge is -2.41. The van der Waals surface area contributed by atoms with E-state index >= 15 is 0 Å². The Hall–Kier alpha value is -0.380. The number of halogens is 1. The molecular weight excluding hydrogens is 312 g/mol. The zero-order valence-electron chi connectivity index (χ0n) is 12.7. The highest BCUT2D eigenvalue weighted by Gasteiger charge is 2.30. The fourth-order valence-electron chi connectivity index (χ4n) is 3.42. The predicted molar refractivity (Wildman–Crippen MR) is 90.0 cm³/mol. The van der Waals surface area contributed by atoms with Crippen molar-refractivity contribution in [2.45, 2.75) is 45.1 Å². The van der Waals surface area contributed by atoms with E-state index in [2.05, 4.69) is 58.9 Å². The largest absolute Gasteiger partial charge is 0.330 e. The molecule has 0 saturated carbocycles. The second kappa shape index (κ2) is 7.58. The van der Waals surface area contributed by atoms with Crippen molar-refractivity contribution in [1.29, 1.82) is 0 Å². The molecule has 1 aliphatic rings. The molecule has 0 spiro atoms. The number of piperidine rings is 1. The van der Waals surface area contributed by atoms with E-state index in [9.17, 15) is 0 Å². The van der Waals surface area contributed by atoms with Crippen LogP contribution in [0.4, 0.5) is 0 Å². The molecule has 2 rings (SSSR count). The SMILES string of the molecule is CC(C)CN1CCCCC1C(CN)c1cccc(Br)c1. The van der Waals surface area contributed by atoms with Crippen LogP contribution in [0.5, 0.6) is 0 Å². The molecule has 1 aromatic rings. The summed E-state index contributed by atoms with van der Waals surface area (Å²) in [6.07, 6.45) is 3.95. The van der Waals surface area contributed by atoms with Gasteiger partial charge in [-0.15, -0.1) is 0 Å². The third kappa shape index (κ3) is 4.06. The van der Waals surface area contributed by atoms with Crippen molar-refractivity contribution in [3.63, 3.8) is 0 Å².